The van der Waals surface area contributed by atoms with Crippen molar-refractivity contribution in [2.75, 3.05) is 10.2 Å². The van der Waals surface area contributed by atoms with Gasteiger partial charge in [-0.15, -0.1) is 11.3 Å². The molecule has 1 saturated heterocycles. The van der Waals surface area contributed by atoms with Crippen LogP contribution in [0.2, 0.25) is 5.02 Å². The van der Waals surface area contributed by atoms with Crippen LogP contribution < -0.4 is 15.1 Å². The third-order valence-electron chi connectivity index (χ3n) is 6.34. The number of aromatic nitrogens is 1. The quantitative estimate of drug-likeness (QED) is 0.341. The predicted molar refractivity (Wildman–Crippen MR) is 147 cm³/mol. The Morgan fingerprint density at radius 2 is 1.70 bits per heavy atom. The van der Waals surface area contributed by atoms with Crippen LogP contribution in [0.25, 0.3) is 0 Å². The van der Waals surface area contributed by atoms with Gasteiger partial charge in [0.25, 0.3) is 0 Å². The van der Waals surface area contributed by atoms with Crippen LogP contribution >= 0.6 is 46.0 Å². The van der Waals surface area contributed by atoms with Gasteiger partial charge in [-0.25, -0.2) is 4.90 Å². The summed E-state index contributed by atoms with van der Waals surface area (Å²) in [6.45, 7) is -0.190. The topological polar surface area (TPSA) is 88.5 Å². The molecule has 0 saturated carbocycles. The fourth-order valence-electron chi connectivity index (χ4n) is 4.74. The number of nitrogens with one attached hydrogen (secondary N) is 1. The number of carbonyl (C=O) groups is 3. The summed E-state index contributed by atoms with van der Waals surface area (Å²) in [6.07, 6.45) is 0. The second-order valence-corrected chi connectivity index (χ2v) is 12.1. The molecule has 7 nitrogen and oxygen atoms in total. The van der Waals surface area contributed by atoms with Gasteiger partial charge in [0.15, 0.2) is 0 Å². The molecule has 3 amide bonds. The van der Waals surface area contributed by atoms with Crippen LogP contribution in [0.1, 0.15) is 15.7 Å². The molecular weight excluding hydrogens is 550 g/mol. The summed E-state index contributed by atoms with van der Waals surface area (Å²) in [5, 5.41) is 5.07. The van der Waals surface area contributed by atoms with E-state index in [4.69, 9.17) is 11.6 Å². The first kappa shape index (κ1) is 24.2. The van der Waals surface area contributed by atoms with Crippen LogP contribution in [0.4, 0.5) is 11.4 Å². The van der Waals surface area contributed by atoms with Gasteiger partial charge in [-0.05, 0) is 47.8 Å². The number of nitrogens with zero attached hydrogens (tertiary/aromatic N) is 2. The Morgan fingerprint density at radius 1 is 0.946 bits per heavy atom. The van der Waals surface area contributed by atoms with E-state index in [0.29, 0.717) is 26.3 Å². The largest absolute Gasteiger partial charge is 0.325 e. The average Bonchev–Trinajstić information content (AvgIpc) is 3.58. The van der Waals surface area contributed by atoms with E-state index < -0.39 is 17.1 Å². The summed E-state index contributed by atoms with van der Waals surface area (Å²) in [7, 11) is 0. The van der Waals surface area contributed by atoms with Crippen molar-refractivity contribution >= 4 is 75.1 Å². The molecule has 4 aromatic rings. The van der Waals surface area contributed by atoms with Crippen molar-refractivity contribution in [2.45, 2.75) is 22.7 Å². The maximum Gasteiger partial charge on any atom is 0.308 e. The van der Waals surface area contributed by atoms with Gasteiger partial charge in [-0.1, -0.05) is 59.0 Å². The number of hydrogen-bond acceptors (Lipinski definition) is 7. The fraction of sp³-hybridized carbons (Fsp3) is 0.154. The number of halogens is 1. The second-order valence-electron chi connectivity index (χ2n) is 8.58. The van der Waals surface area contributed by atoms with Gasteiger partial charge in [0.2, 0.25) is 17.7 Å². The molecule has 0 spiro atoms. The standard InChI is InChI=1S/C26H18ClN3O4S3/c27-14-8-10-16(11-9-14)30-23(32)20-19(17-7-4-12-35-17)22-25(36-21(20)24(30)33)29(26(34)37-22)13-18(31)28-15-5-2-1-3-6-15/h1-12,19-21H,13H2,(H,28,31)/t19-,20?,21?/m1/s1. The first-order valence-corrected chi connectivity index (χ1v) is 14.3. The Morgan fingerprint density at radius 3 is 2.41 bits per heavy atom. The minimum absolute atomic E-state index is 0.190. The summed E-state index contributed by atoms with van der Waals surface area (Å²) in [5.74, 6) is -2.10. The van der Waals surface area contributed by atoms with Crippen molar-refractivity contribution in [1.29, 1.82) is 0 Å². The monoisotopic (exact) mass is 567 g/mol. The molecule has 6 rings (SSSR count). The number of thioether (sulfide) groups is 1. The highest BCUT2D eigenvalue weighted by Gasteiger charge is 2.57. The van der Waals surface area contributed by atoms with Crippen molar-refractivity contribution < 1.29 is 14.4 Å². The van der Waals surface area contributed by atoms with Gasteiger partial charge >= 0.3 is 4.87 Å². The van der Waals surface area contributed by atoms with Crippen LogP contribution in [0.5, 0.6) is 0 Å². The van der Waals surface area contributed by atoms with Crippen molar-refractivity contribution in [3.63, 3.8) is 0 Å². The Balaban J connectivity index is 1.39. The molecule has 0 aliphatic carbocycles. The lowest BCUT2D eigenvalue weighted by Gasteiger charge is -2.29. The number of rotatable bonds is 5. The van der Waals surface area contributed by atoms with Gasteiger partial charge in [-0.3, -0.25) is 23.7 Å². The third kappa shape index (κ3) is 4.23. The highest BCUT2D eigenvalue weighted by Crippen LogP contribution is 2.54. The minimum Gasteiger partial charge on any atom is -0.325 e. The molecule has 4 heterocycles. The van der Waals surface area contributed by atoms with Gasteiger partial charge in [0.1, 0.15) is 11.8 Å². The number of para-hydroxylation sites is 1. The maximum absolute atomic E-state index is 13.7. The molecule has 1 fully saturated rings. The number of amides is 3. The SMILES string of the molecule is O=C(Cn1c2c(sc1=O)[C@H](c1cccs1)C1C(=O)N(c3ccc(Cl)cc3)C(=O)C1S2)Nc1ccccc1. The Labute approximate surface area is 228 Å². The van der Waals surface area contributed by atoms with E-state index in [1.165, 1.54) is 32.6 Å². The van der Waals surface area contributed by atoms with Crippen LogP contribution in [-0.2, 0) is 20.9 Å². The van der Waals surface area contributed by atoms with Crippen LogP contribution in [0.15, 0.2) is 81.9 Å². The molecule has 2 unspecified atom stereocenters. The lowest BCUT2D eigenvalue weighted by atomic mass is 9.87. The van der Waals surface area contributed by atoms with Gasteiger partial charge < -0.3 is 5.32 Å². The summed E-state index contributed by atoms with van der Waals surface area (Å²) in [4.78, 5) is 55.8. The Hall–Kier alpha value is -3.18. The highest BCUT2D eigenvalue weighted by molar-refractivity contribution is 8.00. The summed E-state index contributed by atoms with van der Waals surface area (Å²) >= 11 is 9.74. The van der Waals surface area contributed by atoms with Crippen molar-refractivity contribution in [1.82, 2.24) is 4.57 Å². The van der Waals surface area contributed by atoms with Crippen molar-refractivity contribution in [2.24, 2.45) is 5.92 Å². The molecule has 37 heavy (non-hydrogen) atoms. The minimum atomic E-state index is -0.722. The van der Waals surface area contributed by atoms with Gasteiger partial charge in [0, 0.05) is 26.4 Å². The van der Waals surface area contributed by atoms with E-state index in [0.717, 1.165) is 16.2 Å². The molecule has 1 N–H and O–H groups in total. The number of thiophene rings is 1. The zero-order chi connectivity index (χ0) is 25.7. The summed E-state index contributed by atoms with van der Waals surface area (Å²) in [6, 6.07) is 19.4. The third-order valence-corrected chi connectivity index (χ3v) is 10.2. The summed E-state index contributed by atoms with van der Waals surface area (Å²) in [5.41, 5.74) is 1.09. The number of benzene rings is 2. The molecule has 2 aromatic heterocycles. The molecule has 3 atom stereocenters. The highest BCUT2D eigenvalue weighted by atomic mass is 35.5. The number of carbonyl (C=O) groups excluding carboxylic acids is 3. The smallest absolute Gasteiger partial charge is 0.308 e. The molecule has 0 bridgehead atoms. The average molecular weight is 568 g/mol. The molecule has 11 heteroatoms. The number of fused-ring (bicyclic) bond motifs is 2. The van der Waals surface area contributed by atoms with Gasteiger partial charge in [0.05, 0.1) is 16.6 Å². The molecule has 2 aliphatic rings. The van der Waals surface area contributed by atoms with E-state index in [2.05, 4.69) is 5.32 Å². The number of hydrogen-bond donors (Lipinski definition) is 1. The molecule has 0 radical (unpaired) electrons. The predicted octanol–water partition coefficient (Wildman–Crippen LogP) is 5.06. The first-order valence-electron chi connectivity index (χ1n) is 11.3. The normalized spacial score (nSPS) is 20.6. The number of thiazole rings is 1. The van der Waals surface area contributed by atoms with Crippen LogP contribution in [0.3, 0.4) is 0 Å². The van der Waals surface area contributed by atoms with E-state index in [1.807, 2.05) is 35.7 Å². The van der Waals surface area contributed by atoms with Crippen molar-refractivity contribution in [3.05, 3.63) is 96.6 Å². The lowest BCUT2D eigenvalue weighted by Crippen LogP contribution is -2.32. The van der Waals surface area contributed by atoms with E-state index in [1.54, 1.807) is 36.4 Å². The molecular formula is C26H18ClN3O4S3. The zero-order valence-corrected chi connectivity index (χ0v) is 22.2. The Bertz CT molecular complexity index is 1560. The molecule has 2 aromatic carbocycles. The van der Waals surface area contributed by atoms with E-state index >= 15 is 0 Å². The van der Waals surface area contributed by atoms with Crippen LogP contribution in [0, 0.1) is 5.92 Å². The Kier molecular flexibility index (Phi) is 6.28. The van der Waals surface area contributed by atoms with Crippen LogP contribution in [-0.4, -0.2) is 27.5 Å². The maximum atomic E-state index is 13.7. The van der Waals surface area contributed by atoms with E-state index in [-0.39, 0.29) is 29.1 Å². The summed E-state index contributed by atoms with van der Waals surface area (Å²) < 4.78 is 1.42. The van der Waals surface area contributed by atoms with Crippen molar-refractivity contribution in [3.8, 4) is 0 Å². The lowest BCUT2D eigenvalue weighted by molar-refractivity contribution is -0.122. The van der Waals surface area contributed by atoms with Gasteiger partial charge in [-0.2, -0.15) is 0 Å². The molecule has 186 valence electrons. The molecule has 2 aliphatic heterocycles. The van der Waals surface area contributed by atoms with E-state index in [9.17, 15) is 19.2 Å². The first-order chi connectivity index (χ1) is 17.9. The number of anilines is 2. The number of imide groups is 1. The second kappa shape index (κ2) is 9.60. The zero-order valence-electron chi connectivity index (χ0n) is 19.0. The fourth-order valence-corrected chi connectivity index (χ4v) is 8.59.